The molecular weight excluding hydrogens is 340 g/mol. The minimum Gasteiger partial charge on any atom is -0.461 e. The minimum atomic E-state index is 0.437. The topological polar surface area (TPSA) is 109 Å². The summed E-state index contributed by atoms with van der Waals surface area (Å²) in [6, 6.07) is 11.4. The molecule has 0 saturated heterocycles. The fourth-order valence-electron chi connectivity index (χ4n) is 2.28. The molecule has 0 atom stereocenters. The molecule has 9 heteroatoms. The molecule has 2 N–H and O–H groups in total. The molecule has 0 bridgehead atoms. The van der Waals surface area contributed by atoms with Crippen LogP contribution in [-0.2, 0) is 5.75 Å². The second-order valence-electron chi connectivity index (χ2n) is 5.31. The number of benzene rings is 1. The van der Waals surface area contributed by atoms with E-state index in [9.17, 15) is 0 Å². The fraction of sp³-hybridized carbons (Fsp3) is 0.125. The smallest absolute Gasteiger partial charge is 0.247 e. The molecule has 3 aromatic heterocycles. The van der Waals surface area contributed by atoms with Crippen molar-refractivity contribution in [2.45, 2.75) is 17.8 Å². The summed E-state index contributed by atoms with van der Waals surface area (Å²) in [7, 11) is 0. The van der Waals surface area contributed by atoms with Crippen LogP contribution in [0.5, 0.6) is 0 Å². The molecule has 0 spiro atoms. The second kappa shape index (κ2) is 6.44. The molecule has 126 valence electrons. The van der Waals surface area contributed by atoms with Crippen LogP contribution in [0.1, 0.15) is 11.5 Å². The van der Waals surface area contributed by atoms with Crippen molar-refractivity contribution in [1.82, 2.24) is 25.1 Å². The zero-order valence-electron chi connectivity index (χ0n) is 13.3. The van der Waals surface area contributed by atoms with Gasteiger partial charge in [-0.25, -0.2) is 4.68 Å². The van der Waals surface area contributed by atoms with Gasteiger partial charge in [-0.1, -0.05) is 29.5 Å². The lowest BCUT2D eigenvalue weighted by atomic mass is 10.1. The zero-order chi connectivity index (χ0) is 17.2. The van der Waals surface area contributed by atoms with Gasteiger partial charge in [0.25, 0.3) is 0 Å². The number of aryl methyl sites for hydroxylation is 1. The Kier molecular flexibility index (Phi) is 3.98. The Morgan fingerprint density at radius 3 is 2.84 bits per heavy atom. The second-order valence-corrected chi connectivity index (χ2v) is 6.26. The number of nitrogens with zero attached hydrogens (tertiary/aromatic N) is 5. The maximum atomic E-state index is 6.02. The number of thioether (sulfide) groups is 1. The molecular formula is C16H14N6O2S. The molecule has 0 fully saturated rings. The zero-order valence-corrected chi connectivity index (χ0v) is 14.1. The Bertz CT molecular complexity index is 992. The number of aromatic nitrogens is 5. The lowest BCUT2D eigenvalue weighted by Gasteiger charge is -2.00. The van der Waals surface area contributed by atoms with Crippen molar-refractivity contribution in [3.05, 3.63) is 54.1 Å². The normalized spacial score (nSPS) is 11.1. The van der Waals surface area contributed by atoms with Crippen molar-refractivity contribution < 1.29 is 8.83 Å². The lowest BCUT2D eigenvalue weighted by molar-refractivity contribution is 0.528. The Balaban J connectivity index is 1.48. The summed E-state index contributed by atoms with van der Waals surface area (Å²) >= 11 is 1.36. The van der Waals surface area contributed by atoms with Gasteiger partial charge in [-0.2, -0.15) is 0 Å². The highest BCUT2D eigenvalue weighted by molar-refractivity contribution is 7.98. The van der Waals surface area contributed by atoms with Gasteiger partial charge in [0.2, 0.25) is 22.8 Å². The molecule has 0 unspecified atom stereocenters. The molecule has 0 aliphatic heterocycles. The third kappa shape index (κ3) is 3.13. The van der Waals surface area contributed by atoms with Crippen LogP contribution in [0.2, 0.25) is 0 Å². The number of furan rings is 1. The van der Waals surface area contributed by atoms with Gasteiger partial charge in [0, 0.05) is 5.56 Å². The van der Waals surface area contributed by atoms with Crippen molar-refractivity contribution in [3.63, 3.8) is 0 Å². The van der Waals surface area contributed by atoms with Gasteiger partial charge in [-0.3, -0.25) is 0 Å². The third-order valence-corrected chi connectivity index (χ3v) is 4.39. The number of hydrogen-bond acceptors (Lipinski definition) is 8. The van der Waals surface area contributed by atoms with E-state index < -0.39 is 0 Å². The van der Waals surface area contributed by atoms with E-state index in [4.69, 9.17) is 14.7 Å². The van der Waals surface area contributed by atoms with Crippen LogP contribution in [0, 0.1) is 6.92 Å². The van der Waals surface area contributed by atoms with Crippen molar-refractivity contribution in [2.24, 2.45) is 0 Å². The Morgan fingerprint density at radius 1 is 1.12 bits per heavy atom. The Labute approximate surface area is 147 Å². The van der Waals surface area contributed by atoms with Gasteiger partial charge in [-0.05, 0) is 31.2 Å². The van der Waals surface area contributed by atoms with Crippen LogP contribution < -0.4 is 5.84 Å². The van der Waals surface area contributed by atoms with Crippen molar-refractivity contribution in [3.8, 4) is 23.0 Å². The minimum absolute atomic E-state index is 0.437. The van der Waals surface area contributed by atoms with E-state index in [-0.39, 0.29) is 0 Å². The fourth-order valence-corrected chi connectivity index (χ4v) is 2.98. The number of nitrogens with two attached hydrogens (primary N) is 1. The van der Waals surface area contributed by atoms with Crippen molar-refractivity contribution in [2.75, 3.05) is 5.84 Å². The summed E-state index contributed by atoms with van der Waals surface area (Å²) in [5.74, 6) is 8.45. The van der Waals surface area contributed by atoms with E-state index in [1.54, 1.807) is 18.4 Å². The maximum absolute atomic E-state index is 6.02. The first kappa shape index (κ1) is 15.5. The monoisotopic (exact) mass is 354 g/mol. The summed E-state index contributed by atoms with van der Waals surface area (Å²) in [6.07, 6.45) is 1.56. The maximum Gasteiger partial charge on any atom is 0.247 e. The van der Waals surface area contributed by atoms with Crippen LogP contribution in [0.25, 0.3) is 23.0 Å². The van der Waals surface area contributed by atoms with E-state index in [1.165, 1.54) is 16.4 Å². The molecule has 0 radical (unpaired) electrons. The van der Waals surface area contributed by atoms with Crippen LogP contribution in [0.15, 0.2) is 56.7 Å². The average Bonchev–Trinajstić information content (AvgIpc) is 3.34. The largest absolute Gasteiger partial charge is 0.461 e. The Morgan fingerprint density at radius 2 is 2.04 bits per heavy atom. The van der Waals surface area contributed by atoms with Crippen LogP contribution in [0.4, 0.5) is 0 Å². The molecule has 1 aromatic carbocycles. The quantitative estimate of drug-likeness (QED) is 0.430. The van der Waals surface area contributed by atoms with Gasteiger partial charge in [-0.15, -0.1) is 20.4 Å². The molecule has 0 saturated carbocycles. The van der Waals surface area contributed by atoms with Gasteiger partial charge in [0.1, 0.15) is 0 Å². The highest BCUT2D eigenvalue weighted by Gasteiger charge is 2.16. The van der Waals surface area contributed by atoms with Gasteiger partial charge in [0.15, 0.2) is 5.76 Å². The first-order valence-electron chi connectivity index (χ1n) is 7.47. The highest BCUT2D eigenvalue weighted by Crippen LogP contribution is 2.25. The van der Waals surface area contributed by atoms with Crippen LogP contribution in [-0.4, -0.2) is 25.1 Å². The lowest BCUT2D eigenvalue weighted by Crippen LogP contribution is -2.11. The van der Waals surface area contributed by atoms with Gasteiger partial charge < -0.3 is 14.7 Å². The number of hydrogen-bond donors (Lipinski definition) is 1. The first-order valence-corrected chi connectivity index (χ1v) is 8.46. The average molecular weight is 354 g/mol. The van der Waals surface area contributed by atoms with Crippen molar-refractivity contribution in [1.29, 1.82) is 0 Å². The Hall–Kier alpha value is -3.07. The summed E-state index contributed by atoms with van der Waals surface area (Å²) < 4.78 is 12.4. The predicted molar refractivity (Wildman–Crippen MR) is 91.9 cm³/mol. The number of nitrogen functional groups attached to an aromatic ring is 1. The SMILES string of the molecule is Cc1cccc(-c2nnc(CSc3nnc(-c4ccco4)n3N)o2)c1. The summed E-state index contributed by atoms with van der Waals surface area (Å²) in [5.41, 5.74) is 2.03. The molecule has 0 amide bonds. The van der Waals surface area contributed by atoms with Gasteiger partial charge >= 0.3 is 0 Å². The van der Waals surface area contributed by atoms with E-state index in [0.717, 1.165) is 11.1 Å². The predicted octanol–water partition coefficient (Wildman–Crippen LogP) is 2.90. The van der Waals surface area contributed by atoms with Crippen LogP contribution >= 0.6 is 11.8 Å². The summed E-state index contributed by atoms with van der Waals surface area (Å²) in [4.78, 5) is 0. The van der Waals surface area contributed by atoms with E-state index in [2.05, 4.69) is 20.4 Å². The van der Waals surface area contributed by atoms with E-state index in [0.29, 0.717) is 34.3 Å². The molecule has 8 nitrogen and oxygen atoms in total. The molecule has 0 aliphatic carbocycles. The van der Waals surface area contributed by atoms with E-state index in [1.807, 2.05) is 31.2 Å². The molecule has 4 aromatic rings. The first-order chi connectivity index (χ1) is 12.2. The summed E-state index contributed by atoms with van der Waals surface area (Å²) in [6.45, 7) is 2.02. The molecule has 0 aliphatic rings. The standard InChI is InChI=1S/C16H14N6O2S/c1-10-4-2-5-11(8-10)15-20-18-13(24-15)9-25-16-21-19-14(22(16)17)12-6-3-7-23-12/h2-8H,9,17H2,1H3. The van der Waals surface area contributed by atoms with Crippen LogP contribution in [0.3, 0.4) is 0 Å². The third-order valence-electron chi connectivity index (χ3n) is 3.46. The molecule has 4 rings (SSSR count). The number of rotatable bonds is 5. The van der Waals surface area contributed by atoms with Gasteiger partial charge in [0.05, 0.1) is 12.0 Å². The molecule has 25 heavy (non-hydrogen) atoms. The summed E-state index contributed by atoms with van der Waals surface area (Å²) in [5, 5.41) is 16.8. The molecule has 3 heterocycles. The highest BCUT2D eigenvalue weighted by atomic mass is 32.2. The van der Waals surface area contributed by atoms with Crippen molar-refractivity contribution >= 4 is 11.8 Å². The van der Waals surface area contributed by atoms with E-state index >= 15 is 0 Å².